The van der Waals surface area contributed by atoms with Crippen LogP contribution >= 0.6 is 16.5 Å². The predicted molar refractivity (Wildman–Crippen MR) is 59.6 cm³/mol. The average molecular weight is 272 g/mol. The van der Waals surface area contributed by atoms with Gasteiger partial charge in [0.15, 0.2) is 0 Å². The Kier molecular flexibility index (Phi) is 11.6. The molecular weight excluding hydrogens is 254 g/mol. The van der Waals surface area contributed by atoms with Crippen molar-refractivity contribution in [3.63, 3.8) is 0 Å². The second-order valence-corrected chi connectivity index (χ2v) is 4.87. The first kappa shape index (κ1) is 16.0. The third-order valence-electron chi connectivity index (χ3n) is 1.53. The van der Waals surface area contributed by atoms with E-state index in [1.807, 2.05) is 6.92 Å². The smallest absolute Gasteiger partial charge is 0.122 e. The molecule has 6 nitrogen and oxygen atoms in total. The van der Waals surface area contributed by atoms with Gasteiger partial charge < -0.3 is 0 Å². The van der Waals surface area contributed by atoms with Crippen molar-refractivity contribution in [2.24, 2.45) is 0 Å². The van der Waals surface area contributed by atoms with Gasteiger partial charge in [-0.15, -0.1) is 18.1 Å². The molecule has 0 aliphatic carbocycles. The lowest BCUT2D eigenvalue weighted by Crippen LogP contribution is -2.00. The van der Waals surface area contributed by atoms with E-state index in [4.69, 9.17) is 4.52 Å². The molecule has 1 atom stereocenters. The SMILES string of the molecule is CCCCO[P+](=O)OC.O=[P+]1OCCCO1. The van der Waals surface area contributed by atoms with Gasteiger partial charge in [-0.05, 0) is 6.42 Å². The van der Waals surface area contributed by atoms with Crippen molar-refractivity contribution in [3.8, 4) is 0 Å². The largest absolute Gasteiger partial charge is 0.697 e. The van der Waals surface area contributed by atoms with E-state index in [2.05, 4.69) is 13.6 Å². The zero-order valence-electron chi connectivity index (χ0n) is 9.59. The van der Waals surface area contributed by atoms with Gasteiger partial charge in [-0.3, -0.25) is 0 Å². The molecule has 0 aromatic carbocycles. The molecule has 0 radical (unpaired) electrons. The van der Waals surface area contributed by atoms with Crippen molar-refractivity contribution in [3.05, 3.63) is 0 Å². The van der Waals surface area contributed by atoms with Crippen LogP contribution in [0, 0.1) is 0 Å². The van der Waals surface area contributed by atoms with Gasteiger partial charge in [-0.25, -0.2) is 0 Å². The van der Waals surface area contributed by atoms with Gasteiger partial charge in [0.25, 0.3) is 0 Å². The molecule has 0 N–H and O–H groups in total. The summed E-state index contributed by atoms with van der Waals surface area (Å²) in [4.78, 5) is 0. The summed E-state index contributed by atoms with van der Waals surface area (Å²) in [5.74, 6) is 0. The summed E-state index contributed by atoms with van der Waals surface area (Å²) in [5.41, 5.74) is 0. The van der Waals surface area contributed by atoms with E-state index in [0.717, 1.165) is 19.3 Å². The van der Waals surface area contributed by atoms with Crippen molar-refractivity contribution >= 4 is 16.5 Å². The van der Waals surface area contributed by atoms with E-state index < -0.39 is 16.5 Å². The highest BCUT2D eigenvalue weighted by atomic mass is 31.1. The molecule has 16 heavy (non-hydrogen) atoms. The zero-order valence-corrected chi connectivity index (χ0v) is 11.4. The van der Waals surface area contributed by atoms with Crippen LogP contribution in [0.4, 0.5) is 0 Å². The Morgan fingerprint density at radius 2 is 2.00 bits per heavy atom. The third kappa shape index (κ3) is 10.6. The van der Waals surface area contributed by atoms with Gasteiger partial charge in [0.1, 0.15) is 19.8 Å². The quantitative estimate of drug-likeness (QED) is 0.565. The number of unbranched alkanes of at least 4 members (excludes halogenated alkanes) is 1. The van der Waals surface area contributed by atoms with Gasteiger partial charge >= 0.3 is 16.5 Å². The van der Waals surface area contributed by atoms with Crippen LogP contribution in [0.5, 0.6) is 0 Å². The van der Waals surface area contributed by atoms with Crippen molar-refractivity contribution in [2.45, 2.75) is 26.2 Å². The normalized spacial score (nSPS) is 16.4. The Hall–Kier alpha value is 0.0400. The van der Waals surface area contributed by atoms with Crippen LogP contribution in [0.1, 0.15) is 26.2 Å². The van der Waals surface area contributed by atoms with Crippen molar-refractivity contribution < 1.29 is 27.2 Å². The molecule has 1 saturated heterocycles. The molecule has 1 fully saturated rings. The Morgan fingerprint density at radius 3 is 2.38 bits per heavy atom. The topological polar surface area (TPSA) is 71.1 Å². The number of rotatable bonds is 5. The van der Waals surface area contributed by atoms with Crippen molar-refractivity contribution in [1.29, 1.82) is 0 Å². The fourth-order valence-electron chi connectivity index (χ4n) is 0.710. The summed E-state index contributed by atoms with van der Waals surface area (Å²) < 4.78 is 38.8. The van der Waals surface area contributed by atoms with E-state index >= 15 is 0 Å². The van der Waals surface area contributed by atoms with Crippen LogP contribution in [0.3, 0.4) is 0 Å². The van der Waals surface area contributed by atoms with Gasteiger partial charge in [-0.1, -0.05) is 13.3 Å². The first-order chi connectivity index (χ1) is 7.70. The van der Waals surface area contributed by atoms with E-state index in [0.29, 0.717) is 19.8 Å². The number of hydrogen-bond donors (Lipinski definition) is 0. The fourth-order valence-corrected chi connectivity index (χ4v) is 1.72. The molecular formula is C8H18O6P2+2. The molecule has 0 spiro atoms. The minimum Gasteiger partial charge on any atom is -0.122 e. The molecule has 1 heterocycles. The first-order valence-electron chi connectivity index (χ1n) is 5.08. The minimum atomic E-state index is -1.84. The molecule has 1 aliphatic heterocycles. The van der Waals surface area contributed by atoms with Crippen molar-refractivity contribution in [1.82, 2.24) is 0 Å². The van der Waals surface area contributed by atoms with Crippen LogP contribution in [0.15, 0.2) is 0 Å². The highest BCUT2D eigenvalue weighted by Gasteiger charge is 2.23. The highest BCUT2D eigenvalue weighted by Crippen LogP contribution is 2.27. The Labute approximate surface area is 97.5 Å². The molecule has 0 saturated carbocycles. The van der Waals surface area contributed by atoms with Gasteiger partial charge in [0.2, 0.25) is 0 Å². The molecule has 1 rings (SSSR count). The number of hydrogen-bond acceptors (Lipinski definition) is 6. The molecule has 0 bridgehead atoms. The van der Waals surface area contributed by atoms with Crippen LogP contribution in [-0.4, -0.2) is 26.9 Å². The predicted octanol–water partition coefficient (Wildman–Crippen LogP) is 3.19. The van der Waals surface area contributed by atoms with Crippen LogP contribution < -0.4 is 0 Å². The lowest BCUT2D eigenvalue weighted by molar-refractivity contribution is 0.165. The monoisotopic (exact) mass is 272 g/mol. The Balaban J connectivity index is 0.000000288. The van der Waals surface area contributed by atoms with Gasteiger partial charge in [0, 0.05) is 15.6 Å². The minimum absolute atomic E-state index is 0.527. The van der Waals surface area contributed by atoms with Crippen LogP contribution in [0.25, 0.3) is 0 Å². The van der Waals surface area contributed by atoms with Gasteiger partial charge in [0.05, 0.1) is 7.11 Å². The maximum atomic E-state index is 10.4. The molecule has 1 aliphatic rings. The summed E-state index contributed by atoms with van der Waals surface area (Å²) in [5, 5.41) is 0. The van der Waals surface area contributed by atoms with Gasteiger partial charge in [-0.2, -0.15) is 0 Å². The van der Waals surface area contributed by atoms with E-state index in [9.17, 15) is 9.13 Å². The molecule has 8 heteroatoms. The molecule has 1 unspecified atom stereocenters. The maximum absolute atomic E-state index is 10.4. The van der Waals surface area contributed by atoms with Crippen LogP contribution in [-0.2, 0) is 27.2 Å². The fraction of sp³-hybridized carbons (Fsp3) is 1.00. The Bertz CT molecular complexity index is 203. The average Bonchev–Trinajstić information content (AvgIpc) is 2.31. The van der Waals surface area contributed by atoms with E-state index in [1.165, 1.54) is 7.11 Å². The van der Waals surface area contributed by atoms with Crippen LogP contribution in [0.2, 0.25) is 0 Å². The standard InChI is InChI=1S/C5H12O3P.C3H6O3P/c1-3-4-5-8-9(6)7-2;4-7-5-2-1-3-6-7/h3-5H2,1-2H3;1-3H2/q2*+1. The summed E-state index contributed by atoms with van der Waals surface area (Å²) in [6.45, 7) is 3.73. The first-order valence-corrected chi connectivity index (χ1v) is 7.27. The zero-order chi connectivity index (χ0) is 12.2. The molecule has 94 valence electrons. The summed E-state index contributed by atoms with van der Waals surface area (Å²) in [7, 11) is -2.22. The van der Waals surface area contributed by atoms with E-state index in [-0.39, 0.29) is 0 Å². The van der Waals surface area contributed by atoms with E-state index in [1.54, 1.807) is 0 Å². The maximum Gasteiger partial charge on any atom is 0.697 e. The lowest BCUT2D eigenvalue weighted by Gasteiger charge is -1.94. The second kappa shape index (κ2) is 11.5. The second-order valence-electron chi connectivity index (χ2n) is 2.84. The molecule has 0 aromatic rings. The third-order valence-corrected chi connectivity index (χ3v) is 3.00. The summed E-state index contributed by atoms with van der Waals surface area (Å²) in [6.07, 6.45) is 2.85. The Morgan fingerprint density at radius 1 is 1.38 bits per heavy atom. The summed E-state index contributed by atoms with van der Waals surface area (Å²) >= 11 is 0. The van der Waals surface area contributed by atoms with Crippen molar-refractivity contribution in [2.75, 3.05) is 26.9 Å². The lowest BCUT2D eigenvalue weighted by atomic mass is 10.4. The highest BCUT2D eigenvalue weighted by molar-refractivity contribution is 7.33. The molecule has 0 amide bonds. The molecule has 0 aromatic heterocycles. The summed E-state index contributed by atoms with van der Waals surface area (Å²) in [6, 6.07) is 0.